The zero-order valence-corrected chi connectivity index (χ0v) is 27.9. The van der Waals surface area contributed by atoms with E-state index in [1.165, 1.54) is 18.2 Å². The minimum absolute atomic E-state index is 0.151. The molecule has 2 amide bonds. The molecule has 5 rings (SSSR count). The van der Waals surface area contributed by atoms with E-state index < -0.39 is 17.1 Å². The predicted octanol–water partition coefficient (Wildman–Crippen LogP) is 4.61. The first kappa shape index (κ1) is 33.3. The summed E-state index contributed by atoms with van der Waals surface area (Å²) in [6.45, 7) is 12.6. The molecular formula is C32H41ClN6O7. The molecule has 1 fully saturated rings. The Labute approximate surface area is 273 Å². The number of anilines is 1. The van der Waals surface area contributed by atoms with Gasteiger partial charge in [-0.3, -0.25) is 14.5 Å². The smallest absolute Gasteiger partial charge is 0.415 e. The number of amides is 2. The van der Waals surface area contributed by atoms with Gasteiger partial charge in [0.2, 0.25) is 0 Å². The summed E-state index contributed by atoms with van der Waals surface area (Å²) in [4.78, 5) is 46.8. The lowest BCUT2D eigenvalue weighted by Crippen LogP contribution is -2.45. The fraction of sp³-hybridized carbons (Fsp3) is 0.531. The molecular weight excluding hydrogens is 616 g/mol. The number of halogens is 1. The second-order valence-corrected chi connectivity index (χ2v) is 13.0. The van der Waals surface area contributed by atoms with Gasteiger partial charge in [0, 0.05) is 37.5 Å². The van der Waals surface area contributed by atoms with E-state index in [1.54, 1.807) is 22.9 Å². The quantitative estimate of drug-likeness (QED) is 0.270. The van der Waals surface area contributed by atoms with Crippen LogP contribution in [0.4, 0.5) is 10.5 Å². The largest absolute Gasteiger partial charge is 0.494 e. The highest BCUT2D eigenvalue weighted by Crippen LogP contribution is 2.41. The SMILES string of the molecule is CCOC(=O)C1(C)CCN(CCNC(=O)c2nn(-c3cc4c(cc3OC)N(C(=O)OC(C)(C)C)CCO4)c3cc(Cl)ncc23)CC1. The number of hydrogen-bond donors (Lipinski definition) is 1. The van der Waals surface area contributed by atoms with Crippen LogP contribution in [0.15, 0.2) is 24.4 Å². The first-order chi connectivity index (χ1) is 21.8. The Bertz CT molecular complexity index is 1630. The fourth-order valence-electron chi connectivity index (χ4n) is 5.60. The molecule has 1 aromatic carbocycles. The van der Waals surface area contributed by atoms with Crippen LogP contribution in [-0.4, -0.2) is 96.3 Å². The van der Waals surface area contributed by atoms with Crippen LogP contribution in [0.25, 0.3) is 16.6 Å². The van der Waals surface area contributed by atoms with Crippen LogP contribution in [0.3, 0.4) is 0 Å². The van der Waals surface area contributed by atoms with E-state index in [-0.39, 0.29) is 29.3 Å². The van der Waals surface area contributed by atoms with E-state index in [4.69, 9.17) is 30.5 Å². The van der Waals surface area contributed by atoms with Crippen LogP contribution in [0.1, 0.15) is 57.9 Å². The maximum absolute atomic E-state index is 13.5. The summed E-state index contributed by atoms with van der Waals surface area (Å²) in [7, 11) is 1.51. The lowest BCUT2D eigenvalue weighted by molar-refractivity contribution is -0.157. The molecule has 14 heteroatoms. The van der Waals surface area contributed by atoms with Gasteiger partial charge in [-0.1, -0.05) is 11.6 Å². The Morgan fingerprint density at radius 3 is 2.52 bits per heavy atom. The van der Waals surface area contributed by atoms with Crippen molar-refractivity contribution in [3.63, 3.8) is 0 Å². The van der Waals surface area contributed by atoms with Crippen LogP contribution >= 0.6 is 11.6 Å². The van der Waals surface area contributed by atoms with Crippen molar-refractivity contribution in [1.82, 2.24) is 25.0 Å². The third-order valence-corrected chi connectivity index (χ3v) is 8.36. The summed E-state index contributed by atoms with van der Waals surface area (Å²) in [6, 6.07) is 5.03. The Hall–Kier alpha value is -4.10. The van der Waals surface area contributed by atoms with Crippen molar-refractivity contribution in [1.29, 1.82) is 0 Å². The highest BCUT2D eigenvalue weighted by Gasteiger charge is 2.38. The van der Waals surface area contributed by atoms with E-state index in [2.05, 4.69) is 20.3 Å². The molecule has 1 saturated heterocycles. The Balaban J connectivity index is 1.36. The minimum Gasteiger partial charge on any atom is -0.494 e. The maximum atomic E-state index is 13.5. The molecule has 0 unspecified atom stereocenters. The van der Waals surface area contributed by atoms with Crippen molar-refractivity contribution < 1.29 is 33.3 Å². The van der Waals surface area contributed by atoms with Crippen LogP contribution < -0.4 is 19.7 Å². The molecule has 46 heavy (non-hydrogen) atoms. The number of carbonyl (C=O) groups is 3. The number of ether oxygens (including phenoxy) is 4. The van der Waals surface area contributed by atoms with E-state index in [1.807, 2.05) is 34.6 Å². The molecule has 0 saturated carbocycles. The van der Waals surface area contributed by atoms with Crippen LogP contribution in [0, 0.1) is 5.41 Å². The first-order valence-corrected chi connectivity index (χ1v) is 15.8. The van der Waals surface area contributed by atoms with Crippen molar-refractivity contribution in [2.24, 2.45) is 5.41 Å². The van der Waals surface area contributed by atoms with Crippen molar-refractivity contribution >= 4 is 46.2 Å². The van der Waals surface area contributed by atoms with Gasteiger partial charge in [0.1, 0.15) is 34.5 Å². The standard InChI is InChI=1S/C32H41ClN6O7/c1-7-44-29(41)32(5)8-11-37(12-9-32)13-10-34-28(40)27-20-19-35-26(33)18-21(20)39(36-27)23-17-25-22(16-24(23)43-6)38(14-15-45-25)30(42)46-31(2,3)4/h16-19H,7-15H2,1-6H3,(H,34,40). The molecule has 0 radical (unpaired) electrons. The second kappa shape index (κ2) is 13.3. The highest BCUT2D eigenvalue weighted by molar-refractivity contribution is 6.30. The molecule has 248 valence electrons. The molecule has 2 aromatic heterocycles. The first-order valence-electron chi connectivity index (χ1n) is 15.4. The number of piperidine rings is 1. The molecule has 2 aliphatic heterocycles. The van der Waals surface area contributed by atoms with E-state index in [9.17, 15) is 14.4 Å². The number of methoxy groups -OCH3 is 1. The van der Waals surface area contributed by atoms with Crippen LogP contribution in [0.2, 0.25) is 5.15 Å². The number of nitrogens with zero attached hydrogens (tertiary/aromatic N) is 5. The number of hydrogen-bond acceptors (Lipinski definition) is 10. The number of pyridine rings is 1. The number of likely N-dealkylation sites (tertiary alicyclic amines) is 1. The lowest BCUT2D eigenvalue weighted by Gasteiger charge is -2.37. The van der Waals surface area contributed by atoms with Crippen molar-refractivity contribution in [2.45, 2.75) is 53.1 Å². The van der Waals surface area contributed by atoms with Gasteiger partial charge < -0.3 is 29.2 Å². The third kappa shape index (κ3) is 7.00. The zero-order chi connectivity index (χ0) is 33.2. The molecule has 0 atom stereocenters. The van der Waals surface area contributed by atoms with Gasteiger partial charge in [0.05, 0.1) is 42.3 Å². The summed E-state index contributed by atoms with van der Waals surface area (Å²) in [5.41, 5.74) is 0.539. The summed E-state index contributed by atoms with van der Waals surface area (Å²) in [5, 5.41) is 8.38. The van der Waals surface area contributed by atoms with Gasteiger partial charge in [0.25, 0.3) is 5.91 Å². The van der Waals surface area contributed by atoms with Gasteiger partial charge in [-0.05, 0) is 60.5 Å². The van der Waals surface area contributed by atoms with E-state index >= 15 is 0 Å². The third-order valence-electron chi connectivity index (χ3n) is 8.15. The average Bonchev–Trinajstić information content (AvgIpc) is 3.38. The lowest BCUT2D eigenvalue weighted by atomic mass is 9.80. The molecule has 3 aromatic rings. The van der Waals surface area contributed by atoms with E-state index in [0.29, 0.717) is 72.9 Å². The van der Waals surface area contributed by atoms with Crippen LogP contribution in [-0.2, 0) is 14.3 Å². The monoisotopic (exact) mass is 656 g/mol. The molecule has 13 nitrogen and oxygen atoms in total. The Kier molecular flexibility index (Phi) is 9.64. The number of benzene rings is 1. The normalized spacial score (nSPS) is 16.4. The van der Waals surface area contributed by atoms with Gasteiger partial charge >= 0.3 is 12.1 Å². The predicted molar refractivity (Wildman–Crippen MR) is 172 cm³/mol. The molecule has 4 heterocycles. The number of nitrogens with one attached hydrogen (secondary N) is 1. The summed E-state index contributed by atoms with van der Waals surface area (Å²) in [5.74, 6) is 0.303. The van der Waals surface area contributed by atoms with Gasteiger partial charge in [-0.25, -0.2) is 14.5 Å². The summed E-state index contributed by atoms with van der Waals surface area (Å²) < 4.78 is 24.1. The maximum Gasteiger partial charge on any atom is 0.415 e. The molecule has 0 bridgehead atoms. The highest BCUT2D eigenvalue weighted by atomic mass is 35.5. The average molecular weight is 657 g/mol. The van der Waals surface area contributed by atoms with Crippen molar-refractivity contribution in [3.05, 3.63) is 35.2 Å². The van der Waals surface area contributed by atoms with Crippen molar-refractivity contribution in [3.8, 4) is 17.2 Å². The Morgan fingerprint density at radius 1 is 1.11 bits per heavy atom. The topological polar surface area (TPSA) is 137 Å². The van der Waals surface area contributed by atoms with Crippen LogP contribution in [0.5, 0.6) is 11.5 Å². The zero-order valence-electron chi connectivity index (χ0n) is 27.1. The number of rotatable bonds is 8. The molecule has 1 N–H and O–H groups in total. The van der Waals surface area contributed by atoms with Crippen molar-refractivity contribution in [2.75, 3.05) is 57.9 Å². The minimum atomic E-state index is -0.670. The molecule has 0 spiro atoms. The Morgan fingerprint density at radius 2 is 1.85 bits per heavy atom. The van der Waals surface area contributed by atoms with Gasteiger partial charge in [-0.15, -0.1) is 0 Å². The number of aromatic nitrogens is 3. The summed E-state index contributed by atoms with van der Waals surface area (Å²) in [6.07, 6.45) is 2.42. The van der Waals surface area contributed by atoms with Gasteiger partial charge in [0.15, 0.2) is 5.69 Å². The van der Waals surface area contributed by atoms with Gasteiger partial charge in [-0.2, -0.15) is 5.10 Å². The van der Waals surface area contributed by atoms with E-state index in [0.717, 1.165) is 13.1 Å². The fourth-order valence-corrected chi connectivity index (χ4v) is 5.75. The summed E-state index contributed by atoms with van der Waals surface area (Å²) >= 11 is 6.29. The second-order valence-electron chi connectivity index (χ2n) is 12.6. The molecule has 2 aliphatic rings. The number of esters is 1. The number of fused-ring (bicyclic) bond motifs is 2. The number of carbonyl (C=O) groups excluding carboxylic acids is 3. The molecule has 0 aliphatic carbocycles.